The second-order valence-electron chi connectivity index (χ2n) is 3.79. The van der Waals surface area contributed by atoms with Gasteiger partial charge in [-0.25, -0.2) is 13.8 Å². The highest BCUT2D eigenvalue weighted by atomic mass is 19.1. The van der Waals surface area contributed by atoms with Crippen LogP contribution < -0.4 is 10.5 Å². The van der Waals surface area contributed by atoms with Crippen LogP contribution in [0.1, 0.15) is 10.6 Å². The van der Waals surface area contributed by atoms with Crippen LogP contribution >= 0.6 is 0 Å². The number of carbonyl (C=O) groups is 1. The second-order valence-corrected chi connectivity index (χ2v) is 3.79. The number of nitrogens with zero attached hydrogens (tertiary/aromatic N) is 2. The van der Waals surface area contributed by atoms with E-state index in [1.54, 1.807) is 7.05 Å². The molecule has 0 aliphatic rings. The fourth-order valence-electron chi connectivity index (χ4n) is 1.75. The van der Waals surface area contributed by atoms with E-state index in [2.05, 4.69) is 9.72 Å². The Morgan fingerprint density at radius 1 is 1.53 bits per heavy atom. The highest BCUT2D eigenvalue weighted by Gasteiger charge is 2.15. The topological polar surface area (TPSA) is 70.1 Å². The summed E-state index contributed by atoms with van der Waals surface area (Å²) in [5, 5.41) is 0. The number of amides is 1. The summed E-state index contributed by atoms with van der Waals surface area (Å²) < 4.78 is 31.8. The minimum absolute atomic E-state index is 0.0264. The van der Waals surface area contributed by atoms with Crippen LogP contribution in [0.25, 0.3) is 11.3 Å². The number of hydrogen-bond acceptors (Lipinski definition) is 3. The number of aromatic nitrogens is 2. The first-order chi connectivity index (χ1) is 9.04. The number of halogens is 2. The van der Waals surface area contributed by atoms with Crippen molar-refractivity contribution in [3.8, 4) is 17.0 Å². The quantitative estimate of drug-likeness (QED) is 0.915. The van der Waals surface area contributed by atoms with Crippen LogP contribution in [0.2, 0.25) is 0 Å². The van der Waals surface area contributed by atoms with Gasteiger partial charge >= 0.3 is 0 Å². The lowest BCUT2D eigenvalue weighted by Gasteiger charge is -2.07. The monoisotopic (exact) mass is 267 g/mol. The van der Waals surface area contributed by atoms with E-state index in [1.807, 2.05) is 0 Å². The van der Waals surface area contributed by atoms with Crippen molar-refractivity contribution in [2.45, 2.75) is 0 Å². The van der Waals surface area contributed by atoms with Crippen LogP contribution in [0.4, 0.5) is 8.78 Å². The van der Waals surface area contributed by atoms with Gasteiger partial charge < -0.3 is 15.0 Å². The van der Waals surface area contributed by atoms with Gasteiger partial charge in [-0.15, -0.1) is 0 Å². The Labute approximate surface area is 107 Å². The zero-order chi connectivity index (χ0) is 14.0. The number of hydrogen-bond donors (Lipinski definition) is 1. The van der Waals surface area contributed by atoms with E-state index < -0.39 is 18.6 Å². The standard InChI is InChI=1S/C12H11F2N3O2/c1-17-10(5-16-12(17)11(15)18)8-3-2-7(19-6-13)4-9(8)14/h2-5H,6H2,1H3,(H2,15,18). The van der Waals surface area contributed by atoms with Crippen molar-refractivity contribution in [2.24, 2.45) is 12.8 Å². The molecule has 100 valence electrons. The van der Waals surface area contributed by atoms with Crippen molar-refractivity contribution in [1.29, 1.82) is 0 Å². The van der Waals surface area contributed by atoms with Crippen molar-refractivity contribution < 1.29 is 18.3 Å². The summed E-state index contributed by atoms with van der Waals surface area (Å²) in [5.41, 5.74) is 5.73. The van der Waals surface area contributed by atoms with Crippen LogP contribution in [0, 0.1) is 5.82 Å². The molecule has 0 saturated carbocycles. The molecular formula is C12H11F2N3O2. The third-order valence-electron chi connectivity index (χ3n) is 2.65. The number of imidazole rings is 1. The Morgan fingerprint density at radius 3 is 2.79 bits per heavy atom. The predicted octanol–water partition coefficient (Wildman–Crippen LogP) is 1.63. The molecule has 0 radical (unpaired) electrons. The van der Waals surface area contributed by atoms with Crippen molar-refractivity contribution in [3.63, 3.8) is 0 Å². The Morgan fingerprint density at radius 2 is 2.26 bits per heavy atom. The summed E-state index contributed by atoms with van der Waals surface area (Å²) in [4.78, 5) is 14.9. The fourth-order valence-corrected chi connectivity index (χ4v) is 1.75. The van der Waals surface area contributed by atoms with Crippen LogP contribution in [-0.2, 0) is 7.05 Å². The van der Waals surface area contributed by atoms with Gasteiger partial charge in [0.25, 0.3) is 5.91 Å². The van der Waals surface area contributed by atoms with E-state index in [9.17, 15) is 13.6 Å². The van der Waals surface area contributed by atoms with E-state index in [0.29, 0.717) is 5.69 Å². The van der Waals surface area contributed by atoms with Crippen molar-refractivity contribution in [3.05, 3.63) is 36.0 Å². The van der Waals surface area contributed by atoms with Gasteiger partial charge in [0, 0.05) is 18.7 Å². The van der Waals surface area contributed by atoms with E-state index >= 15 is 0 Å². The summed E-state index contributed by atoms with van der Waals surface area (Å²) >= 11 is 0. The van der Waals surface area contributed by atoms with E-state index in [1.165, 1.54) is 22.9 Å². The summed E-state index contributed by atoms with van der Waals surface area (Å²) in [6.07, 6.45) is 1.34. The number of primary amides is 1. The molecule has 2 N–H and O–H groups in total. The molecule has 1 heterocycles. The van der Waals surface area contributed by atoms with Gasteiger partial charge in [0.2, 0.25) is 6.86 Å². The average molecular weight is 267 g/mol. The van der Waals surface area contributed by atoms with Gasteiger partial charge in [-0.3, -0.25) is 4.79 Å². The lowest BCUT2D eigenvalue weighted by Crippen LogP contribution is -2.16. The highest BCUT2D eigenvalue weighted by molar-refractivity contribution is 5.90. The SMILES string of the molecule is Cn1c(-c2ccc(OCF)cc2F)cnc1C(N)=O. The Balaban J connectivity index is 2.45. The van der Waals surface area contributed by atoms with Gasteiger partial charge in [-0.2, -0.15) is 0 Å². The minimum atomic E-state index is -1.03. The van der Waals surface area contributed by atoms with Crippen LogP contribution in [-0.4, -0.2) is 22.3 Å². The normalized spacial score (nSPS) is 10.5. The minimum Gasteiger partial charge on any atom is -0.463 e. The Kier molecular flexibility index (Phi) is 3.46. The predicted molar refractivity (Wildman–Crippen MR) is 63.7 cm³/mol. The molecule has 2 aromatic rings. The van der Waals surface area contributed by atoms with Gasteiger partial charge in [0.05, 0.1) is 11.9 Å². The van der Waals surface area contributed by atoms with Gasteiger partial charge in [-0.1, -0.05) is 0 Å². The maximum absolute atomic E-state index is 13.9. The molecule has 0 spiro atoms. The molecule has 0 atom stereocenters. The molecule has 1 aromatic heterocycles. The molecule has 0 aliphatic heterocycles. The molecule has 0 fully saturated rings. The molecule has 2 rings (SSSR count). The number of rotatable bonds is 4. The van der Waals surface area contributed by atoms with Crippen molar-refractivity contribution in [2.75, 3.05) is 6.86 Å². The smallest absolute Gasteiger partial charge is 0.284 e. The van der Waals surface area contributed by atoms with E-state index in [4.69, 9.17) is 5.73 Å². The van der Waals surface area contributed by atoms with E-state index in [0.717, 1.165) is 6.07 Å². The molecule has 1 aromatic carbocycles. The summed E-state index contributed by atoms with van der Waals surface area (Å²) in [5.74, 6) is -1.20. The lowest BCUT2D eigenvalue weighted by molar-refractivity contribution is 0.0987. The third-order valence-corrected chi connectivity index (χ3v) is 2.65. The molecular weight excluding hydrogens is 256 g/mol. The zero-order valence-electron chi connectivity index (χ0n) is 10.1. The Bertz CT molecular complexity index is 625. The summed E-state index contributed by atoms with van der Waals surface area (Å²) in [6, 6.07) is 3.91. The maximum Gasteiger partial charge on any atom is 0.284 e. The van der Waals surface area contributed by atoms with Crippen LogP contribution in [0.15, 0.2) is 24.4 Å². The van der Waals surface area contributed by atoms with Gasteiger partial charge in [0.15, 0.2) is 5.82 Å². The third kappa shape index (κ3) is 2.40. The van der Waals surface area contributed by atoms with Crippen LogP contribution in [0.3, 0.4) is 0 Å². The van der Waals surface area contributed by atoms with Gasteiger partial charge in [-0.05, 0) is 12.1 Å². The first-order valence-electron chi connectivity index (χ1n) is 5.34. The average Bonchev–Trinajstić information content (AvgIpc) is 2.72. The zero-order valence-corrected chi connectivity index (χ0v) is 10.1. The molecule has 1 amide bonds. The number of ether oxygens (including phenoxy) is 1. The fraction of sp³-hybridized carbons (Fsp3) is 0.167. The first kappa shape index (κ1) is 13.0. The van der Waals surface area contributed by atoms with E-state index in [-0.39, 0.29) is 17.1 Å². The number of alkyl halides is 1. The molecule has 0 bridgehead atoms. The molecule has 0 unspecified atom stereocenters. The van der Waals surface area contributed by atoms with Crippen molar-refractivity contribution >= 4 is 5.91 Å². The highest BCUT2D eigenvalue weighted by Crippen LogP contribution is 2.26. The van der Waals surface area contributed by atoms with Crippen LogP contribution in [0.5, 0.6) is 5.75 Å². The summed E-state index contributed by atoms with van der Waals surface area (Å²) in [6.45, 7) is -1.03. The maximum atomic E-state index is 13.9. The van der Waals surface area contributed by atoms with Crippen molar-refractivity contribution in [1.82, 2.24) is 9.55 Å². The molecule has 7 heteroatoms. The van der Waals surface area contributed by atoms with Gasteiger partial charge in [0.1, 0.15) is 11.6 Å². The second kappa shape index (κ2) is 5.05. The summed E-state index contributed by atoms with van der Waals surface area (Å²) in [7, 11) is 1.55. The number of benzene rings is 1. The lowest BCUT2D eigenvalue weighted by atomic mass is 10.1. The number of carbonyl (C=O) groups excluding carboxylic acids is 1. The molecule has 0 saturated heterocycles. The first-order valence-corrected chi connectivity index (χ1v) is 5.34. The largest absolute Gasteiger partial charge is 0.463 e. The Hall–Kier alpha value is -2.44. The molecule has 0 aliphatic carbocycles. The number of nitrogens with two attached hydrogens (primary N) is 1. The molecule has 5 nitrogen and oxygen atoms in total. The molecule has 19 heavy (non-hydrogen) atoms.